The number of nitrogens with zero attached hydrogens (tertiary/aromatic N) is 3. The van der Waals surface area contributed by atoms with Crippen LogP contribution in [0.4, 0.5) is 0 Å². The van der Waals surface area contributed by atoms with E-state index in [2.05, 4.69) is 38.8 Å². The zero-order chi connectivity index (χ0) is 21.4. The Balaban J connectivity index is 1.35. The van der Waals surface area contributed by atoms with E-state index >= 15 is 0 Å². The predicted molar refractivity (Wildman–Crippen MR) is 124 cm³/mol. The number of H-pyrrole nitrogens is 1. The lowest BCUT2D eigenvalue weighted by molar-refractivity contribution is 0.108. The van der Waals surface area contributed by atoms with E-state index in [-0.39, 0.29) is 5.56 Å². The number of aliphatic hydroxyl groups is 1. The van der Waals surface area contributed by atoms with Crippen LogP contribution >= 0.6 is 0 Å². The second-order valence-electron chi connectivity index (χ2n) is 8.03. The molecule has 0 aliphatic heterocycles. The highest BCUT2D eigenvalue weighted by Gasteiger charge is 2.15. The van der Waals surface area contributed by atoms with E-state index in [1.807, 2.05) is 54.4 Å². The van der Waals surface area contributed by atoms with Crippen LogP contribution in [-0.2, 0) is 13.1 Å². The van der Waals surface area contributed by atoms with Crippen LogP contribution in [0, 0.1) is 0 Å². The van der Waals surface area contributed by atoms with Crippen LogP contribution < -0.4 is 5.56 Å². The molecule has 5 rings (SSSR count). The number of aliphatic hydroxyl groups excluding tert-OH is 1. The maximum Gasteiger partial charge on any atom is 0.258 e. The van der Waals surface area contributed by atoms with Crippen molar-refractivity contribution < 1.29 is 5.11 Å². The molecule has 6 nitrogen and oxygen atoms in total. The minimum absolute atomic E-state index is 0.139. The van der Waals surface area contributed by atoms with Gasteiger partial charge in [0.05, 0.1) is 30.1 Å². The molecule has 6 heteroatoms. The van der Waals surface area contributed by atoms with Crippen molar-refractivity contribution in [1.82, 2.24) is 19.4 Å². The average Bonchev–Trinajstić information content (AvgIpc) is 3.07. The van der Waals surface area contributed by atoms with Gasteiger partial charge in [-0.15, -0.1) is 0 Å². The number of nitrogens with one attached hydrogen (secondary N) is 1. The maximum atomic E-state index is 12.3. The number of rotatable bonds is 6. The van der Waals surface area contributed by atoms with Gasteiger partial charge < -0.3 is 14.7 Å². The molecular formula is C25H24N4O2. The van der Waals surface area contributed by atoms with E-state index in [1.54, 1.807) is 6.07 Å². The highest BCUT2D eigenvalue weighted by molar-refractivity contribution is 6.07. The van der Waals surface area contributed by atoms with Gasteiger partial charge in [-0.2, -0.15) is 0 Å². The van der Waals surface area contributed by atoms with E-state index in [0.717, 1.165) is 11.0 Å². The molecule has 2 heterocycles. The standard InChI is InChI=1S/C25H24N4O2/c1-28(16-24-26-21-11-5-2-10-20(21)25(31)27-24)14-17(30)15-29-22-12-6-3-8-18(22)19-9-4-7-13-23(19)29/h2-13,17,30H,14-16H2,1H3,(H,26,27,31)/t17-/m1/s1. The molecule has 5 aromatic rings. The lowest BCUT2D eigenvalue weighted by Crippen LogP contribution is -2.32. The van der Waals surface area contributed by atoms with Gasteiger partial charge in [-0.05, 0) is 31.3 Å². The van der Waals surface area contributed by atoms with Crippen LogP contribution in [-0.4, -0.2) is 44.2 Å². The van der Waals surface area contributed by atoms with Crippen LogP contribution in [0.5, 0.6) is 0 Å². The topological polar surface area (TPSA) is 74.2 Å². The Bertz CT molecular complexity index is 1380. The molecule has 0 radical (unpaired) electrons. The first-order valence-electron chi connectivity index (χ1n) is 10.4. The number of para-hydroxylation sites is 3. The summed E-state index contributed by atoms with van der Waals surface area (Å²) < 4.78 is 2.18. The van der Waals surface area contributed by atoms with E-state index in [0.29, 0.717) is 36.4 Å². The normalized spacial score (nSPS) is 12.9. The predicted octanol–water partition coefficient (Wildman–Crippen LogP) is 3.52. The fraction of sp³-hybridized carbons (Fsp3) is 0.200. The number of fused-ring (bicyclic) bond motifs is 4. The van der Waals surface area contributed by atoms with Crippen molar-refractivity contribution in [2.24, 2.45) is 0 Å². The van der Waals surface area contributed by atoms with Crippen molar-refractivity contribution in [3.8, 4) is 0 Å². The molecule has 2 aromatic heterocycles. The molecule has 0 bridgehead atoms. The SMILES string of the molecule is CN(Cc1nc2ccccc2c(=O)[nH]1)C[C@@H](O)Cn1c2ccccc2c2ccccc21. The molecule has 0 fully saturated rings. The first-order valence-corrected chi connectivity index (χ1v) is 10.4. The summed E-state index contributed by atoms with van der Waals surface area (Å²) in [6, 6.07) is 23.9. The quantitative estimate of drug-likeness (QED) is 0.448. The summed E-state index contributed by atoms with van der Waals surface area (Å²) in [6.07, 6.45) is -0.573. The first kappa shape index (κ1) is 19.5. The van der Waals surface area contributed by atoms with Crippen LogP contribution in [0.1, 0.15) is 5.82 Å². The van der Waals surface area contributed by atoms with Crippen LogP contribution in [0.3, 0.4) is 0 Å². The molecule has 0 aliphatic carbocycles. The van der Waals surface area contributed by atoms with E-state index < -0.39 is 6.10 Å². The minimum atomic E-state index is -0.573. The Morgan fingerprint density at radius 2 is 1.52 bits per heavy atom. The Morgan fingerprint density at radius 1 is 0.935 bits per heavy atom. The number of hydrogen-bond acceptors (Lipinski definition) is 4. The fourth-order valence-corrected chi connectivity index (χ4v) is 4.36. The van der Waals surface area contributed by atoms with Gasteiger partial charge in [0.1, 0.15) is 5.82 Å². The third-order valence-corrected chi connectivity index (χ3v) is 5.68. The van der Waals surface area contributed by atoms with Crippen molar-refractivity contribution in [3.63, 3.8) is 0 Å². The molecule has 3 aromatic carbocycles. The summed E-state index contributed by atoms with van der Waals surface area (Å²) in [5.74, 6) is 0.593. The van der Waals surface area contributed by atoms with Gasteiger partial charge in [0.25, 0.3) is 5.56 Å². The zero-order valence-electron chi connectivity index (χ0n) is 17.3. The largest absolute Gasteiger partial charge is 0.390 e. The smallest absolute Gasteiger partial charge is 0.258 e. The molecule has 0 saturated heterocycles. The Hall–Kier alpha value is -3.48. The first-order chi connectivity index (χ1) is 15.1. The van der Waals surface area contributed by atoms with Crippen molar-refractivity contribution >= 4 is 32.7 Å². The minimum Gasteiger partial charge on any atom is -0.390 e. The second kappa shape index (κ2) is 7.98. The average molecular weight is 412 g/mol. The summed E-state index contributed by atoms with van der Waals surface area (Å²) in [6.45, 7) is 1.39. The molecule has 1 atom stereocenters. The zero-order valence-corrected chi connectivity index (χ0v) is 17.3. The fourth-order valence-electron chi connectivity index (χ4n) is 4.36. The molecule has 0 saturated carbocycles. The number of aromatic nitrogens is 3. The van der Waals surface area contributed by atoms with Gasteiger partial charge in [0.2, 0.25) is 0 Å². The number of likely N-dealkylation sites (N-methyl/N-ethyl adjacent to an activating group) is 1. The monoisotopic (exact) mass is 412 g/mol. The van der Waals surface area contributed by atoms with Crippen LogP contribution in [0.2, 0.25) is 0 Å². The summed E-state index contributed by atoms with van der Waals surface area (Å²) in [7, 11) is 1.92. The summed E-state index contributed by atoms with van der Waals surface area (Å²) in [5, 5.41) is 13.8. The molecule has 156 valence electrons. The van der Waals surface area contributed by atoms with Crippen LogP contribution in [0.25, 0.3) is 32.7 Å². The molecule has 0 aliphatic rings. The van der Waals surface area contributed by atoms with Gasteiger partial charge in [-0.1, -0.05) is 48.5 Å². The van der Waals surface area contributed by atoms with Gasteiger partial charge in [0, 0.05) is 28.4 Å². The van der Waals surface area contributed by atoms with E-state index in [1.165, 1.54) is 10.8 Å². The molecule has 31 heavy (non-hydrogen) atoms. The summed E-state index contributed by atoms with van der Waals surface area (Å²) >= 11 is 0. The van der Waals surface area contributed by atoms with Gasteiger partial charge in [0.15, 0.2) is 0 Å². The number of aromatic amines is 1. The van der Waals surface area contributed by atoms with Crippen molar-refractivity contribution in [1.29, 1.82) is 0 Å². The van der Waals surface area contributed by atoms with E-state index in [9.17, 15) is 9.90 Å². The molecule has 2 N–H and O–H groups in total. The van der Waals surface area contributed by atoms with Crippen molar-refractivity contribution in [3.05, 3.63) is 89.0 Å². The van der Waals surface area contributed by atoms with E-state index in [4.69, 9.17) is 0 Å². The van der Waals surface area contributed by atoms with Gasteiger partial charge in [-0.25, -0.2) is 4.98 Å². The highest BCUT2D eigenvalue weighted by Crippen LogP contribution is 2.28. The van der Waals surface area contributed by atoms with Gasteiger partial charge in [-0.3, -0.25) is 9.69 Å². The lowest BCUT2D eigenvalue weighted by Gasteiger charge is -2.21. The Kier molecular flexibility index (Phi) is 5.02. The van der Waals surface area contributed by atoms with Crippen molar-refractivity contribution in [2.45, 2.75) is 19.2 Å². The molecule has 0 unspecified atom stereocenters. The third-order valence-electron chi connectivity index (χ3n) is 5.68. The van der Waals surface area contributed by atoms with Gasteiger partial charge >= 0.3 is 0 Å². The molecular weight excluding hydrogens is 388 g/mol. The summed E-state index contributed by atoms with van der Waals surface area (Å²) in [4.78, 5) is 21.7. The molecule has 0 amide bonds. The number of benzene rings is 3. The summed E-state index contributed by atoms with van der Waals surface area (Å²) in [5.41, 5.74) is 2.78. The third kappa shape index (κ3) is 3.71. The van der Waals surface area contributed by atoms with Crippen LogP contribution in [0.15, 0.2) is 77.6 Å². The Labute approximate surface area is 179 Å². The lowest BCUT2D eigenvalue weighted by atomic mass is 10.2. The number of hydrogen-bond donors (Lipinski definition) is 2. The Morgan fingerprint density at radius 3 is 2.19 bits per heavy atom. The second-order valence-corrected chi connectivity index (χ2v) is 8.03. The maximum absolute atomic E-state index is 12.3. The highest BCUT2D eigenvalue weighted by atomic mass is 16.3. The molecule has 0 spiro atoms. The van der Waals surface area contributed by atoms with Crippen molar-refractivity contribution in [2.75, 3.05) is 13.6 Å².